The smallest absolute Gasteiger partial charge is 0.242 e. The van der Waals surface area contributed by atoms with Crippen LogP contribution in [0.5, 0.6) is 0 Å². The molecule has 2 aliphatic rings. The highest BCUT2D eigenvalue weighted by molar-refractivity contribution is 9.09. The summed E-state index contributed by atoms with van der Waals surface area (Å²) < 4.78 is 0. The summed E-state index contributed by atoms with van der Waals surface area (Å²) in [4.78, 5) is 27.2. The molecule has 1 saturated carbocycles. The van der Waals surface area contributed by atoms with Crippen LogP contribution in [0.15, 0.2) is 0 Å². The molecule has 2 fully saturated rings. The first kappa shape index (κ1) is 12.9. The largest absolute Gasteiger partial charge is 0.332 e. The number of nitrogens with zero attached hydrogens (tertiary/aromatic N) is 2. The topological polar surface area (TPSA) is 40.6 Å². The predicted octanol–water partition coefficient (Wildman–Crippen LogP) is 1.24. The van der Waals surface area contributed by atoms with Crippen LogP contribution in [0.2, 0.25) is 0 Å². The Balaban J connectivity index is 1.93. The second kappa shape index (κ2) is 4.96. The Bertz CT molecular complexity index is 328. The van der Waals surface area contributed by atoms with E-state index < -0.39 is 0 Å². The van der Waals surface area contributed by atoms with Gasteiger partial charge in [-0.15, -0.1) is 0 Å². The number of alkyl halides is 1. The van der Waals surface area contributed by atoms with Gasteiger partial charge in [0, 0.05) is 18.4 Å². The van der Waals surface area contributed by atoms with Crippen LogP contribution in [0.3, 0.4) is 0 Å². The molecule has 0 aromatic carbocycles. The molecule has 1 aliphatic heterocycles. The van der Waals surface area contributed by atoms with E-state index in [-0.39, 0.29) is 30.3 Å². The highest BCUT2D eigenvalue weighted by Crippen LogP contribution is 2.47. The van der Waals surface area contributed by atoms with E-state index >= 15 is 0 Å². The van der Waals surface area contributed by atoms with E-state index in [1.165, 1.54) is 0 Å². The van der Waals surface area contributed by atoms with Crippen LogP contribution in [0, 0.1) is 5.41 Å². The minimum atomic E-state index is 0.0943. The molecule has 0 radical (unpaired) electrons. The lowest BCUT2D eigenvalue weighted by atomic mass is 10.1. The predicted molar refractivity (Wildman–Crippen MR) is 68.9 cm³/mol. The van der Waals surface area contributed by atoms with Gasteiger partial charge in [-0.1, -0.05) is 22.9 Å². The molecule has 96 valence electrons. The van der Waals surface area contributed by atoms with Gasteiger partial charge in [-0.25, -0.2) is 0 Å². The Morgan fingerprint density at radius 1 is 1.18 bits per heavy atom. The Kier molecular flexibility index (Phi) is 3.76. The molecule has 0 aromatic heterocycles. The van der Waals surface area contributed by atoms with Crippen LogP contribution < -0.4 is 0 Å². The molecule has 1 aliphatic carbocycles. The van der Waals surface area contributed by atoms with Crippen molar-refractivity contribution in [2.75, 3.05) is 31.5 Å². The molecular weight excluding hydrogens is 284 g/mol. The van der Waals surface area contributed by atoms with Gasteiger partial charge in [0.25, 0.3) is 0 Å². The van der Waals surface area contributed by atoms with Gasteiger partial charge >= 0.3 is 0 Å². The molecule has 2 amide bonds. The number of carbonyl (C=O) groups excluding carboxylic acids is 2. The maximum atomic E-state index is 12.0. The molecule has 5 heteroatoms. The molecule has 0 N–H and O–H groups in total. The van der Waals surface area contributed by atoms with E-state index in [1.54, 1.807) is 9.80 Å². The summed E-state index contributed by atoms with van der Waals surface area (Å²) in [5, 5.41) is 0.927. The second-order valence-electron chi connectivity index (χ2n) is 5.20. The van der Waals surface area contributed by atoms with Crippen molar-refractivity contribution < 1.29 is 9.59 Å². The van der Waals surface area contributed by atoms with Crippen LogP contribution >= 0.6 is 15.9 Å². The van der Waals surface area contributed by atoms with Crippen molar-refractivity contribution in [2.45, 2.75) is 26.2 Å². The van der Waals surface area contributed by atoms with Gasteiger partial charge in [-0.3, -0.25) is 9.59 Å². The third-order valence-corrected chi connectivity index (χ3v) is 4.81. The molecule has 1 heterocycles. The summed E-state index contributed by atoms with van der Waals surface area (Å²) in [5.41, 5.74) is 0.253. The first-order chi connectivity index (χ1) is 8.10. The first-order valence-electron chi connectivity index (χ1n) is 6.22. The standard InChI is InChI=1S/C12H19BrN2O2/c1-2-5-14-6-11(17)15(7-10(14)16)9-12(8-13)3-4-12/h2-9H2,1H3. The van der Waals surface area contributed by atoms with E-state index in [0.717, 1.165) is 31.1 Å². The first-order valence-corrected chi connectivity index (χ1v) is 7.34. The fourth-order valence-electron chi connectivity index (χ4n) is 2.24. The summed E-state index contributed by atoms with van der Waals surface area (Å²) in [7, 11) is 0. The van der Waals surface area contributed by atoms with Gasteiger partial charge in [-0.05, 0) is 24.7 Å². The third-order valence-electron chi connectivity index (χ3n) is 3.62. The van der Waals surface area contributed by atoms with Gasteiger partial charge < -0.3 is 9.80 Å². The van der Waals surface area contributed by atoms with E-state index in [9.17, 15) is 9.59 Å². The average molecular weight is 303 g/mol. The number of rotatable bonds is 5. The Morgan fingerprint density at radius 3 is 2.29 bits per heavy atom. The van der Waals surface area contributed by atoms with Gasteiger partial charge in [0.15, 0.2) is 0 Å². The highest BCUT2D eigenvalue weighted by atomic mass is 79.9. The number of halogens is 1. The average Bonchev–Trinajstić information content (AvgIpc) is 3.06. The maximum absolute atomic E-state index is 12.0. The Labute approximate surface area is 110 Å². The summed E-state index contributed by atoms with van der Waals surface area (Å²) in [6.45, 7) is 4.00. The summed E-state index contributed by atoms with van der Waals surface area (Å²) >= 11 is 3.50. The molecule has 2 rings (SSSR count). The lowest BCUT2D eigenvalue weighted by Gasteiger charge is -2.35. The second-order valence-corrected chi connectivity index (χ2v) is 5.76. The monoisotopic (exact) mass is 302 g/mol. The van der Waals surface area contributed by atoms with Crippen molar-refractivity contribution in [3.05, 3.63) is 0 Å². The summed E-state index contributed by atoms with van der Waals surface area (Å²) in [6.07, 6.45) is 3.23. The summed E-state index contributed by atoms with van der Waals surface area (Å²) in [6, 6.07) is 0. The molecule has 0 aromatic rings. The number of piperazine rings is 1. The van der Waals surface area contributed by atoms with E-state index in [0.29, 0.717) is 6.54 Å². The minimum Gasteiger partial charge on any atom is -0.332 e. The van der Waals surface area contributed by atoms with Gasteiger partial charge in [0.1, 0.15) is 0 Å². The molecular formula is C12H19BrN2O2. The number of hydrogen-bond acceptors (Lipinski definition) is 2. The van der Waals surface area contributed by atoms with E-state index in [4.69, 9.17) is 0 Å². The molecule has 0 bridgehead atoms. The minimum absolute atomic E-state index is 0.0943. The van der Waals surface area contributed by atoms with Crippen molar-refractivity contribution in [3.8, 4) is 0 Å². The van der Waals surface area contributed by atoms with Crippen LogP contribution in [0.25, 0.3) is 0 Å². The van der Waals surface area contributed by atoms with Gasteiger partial charge in [0.05, 0.1) is 13.1 Å². The lowest BCUT2D eigenvalue weighted by molar-refractivity contribution is -0.150. The van der Waals surface area contributed by atoms with Crippen molar-refractivity contribution in [2.24, 2.45) is 5.41 Å². The van der Waals surface area contributed by atoms with Crippen molar-refractivity contribution in [1.29, 1.82) is 0 Å². The quantitative estimate of drug-likeness (QED) is 0.717. The van der Waals surface area contributed by atoms with Gasteiger partial charge in [0.2, 0.25) is 11.8 Å². The maximum Gasteiger partial charge on any atom is 0.242 e. The van der Waals surface area contributed by atoms with E-state index in [1.807, 2.05) is 6.92 Å². The number of carbonyl (C=O) groups is 2. The molecule has 4 nitrogen and oxygen atoms in total. The van der Waals surface area contributed by atoms with Crippen LogP contribution in [-0.4, -0.2) is 53.1 Å². The normalized spacial score (nSPS) is 23.2. The van der Waals surface area contributed by atoms with Crippen LogP contribution in [0.1, 0.15) is 26.2 Å². The third kappa shape index (κ3) is 2.81. The van der Waals surface area contributed by atoms with Gasteiger partial charge in [-0.2, -0.15) is 0 Å². The fraction of sp³-hybridized carbons (Fsp3) is 0.833. The molecule has 0 atom stereocenters. The molecule has 17 heavy (non-hydrogen) atoms. The van der Waals surface area contributed by atoms with Crippen LogP contribution in [0.4, 0.5) is 0 Å². The molecule has 0 unspecified atom stereocenters. The number of hydrogen-bond donors (Lipinski definition) is 0. The van der Waals surface area contributed by atoms with E-state index in [2.05, 4.69) is 15.9 Å². The highest BCUT2D eigenvalue weighted by Gasteiger charge is 2.45. The SMILES string of the molecule is CCCN1CC(=O)N(CC2(CBr)CC2)CC1=O. The molecule has 1 saturated heterocycles. The summed E-state index contributed by atoms with van der Waals surface area (Å²) in [5.74, 6) is 0.196. The Hall–Kier alpha value is -0.580. The van der Waals surface area contributed by atoms with Crippen molar-refractivity contribution in [3.63, 3.8) is 0 Å². The van der Waals surface area contributed by atoms with Crippen LogP contribution in [-0.2, 0) is 9.59 Å². The van der Waals surface area contributed by atoms with Crippen molar-refractivity contribution >= 4 is 27.7 Å². The zero-order valence-electron chi connectivity index (χ0n) is 10.2. The Morgan fingerprint density at radius 2 is 1.76 bits per heavy atom. The zero-order valence-corrected chi connectivity index (χ0v) is 11.8. The fourth-order valence-corrected chi connectivity index (χ4v) is 2.97. The lowest BCUT2D eigenvalue weighted by Crippen LogP contribution is -2.55. The van der Waals surface area contributed by atoms with Crippen molar-refractivity contribution in [1.82, 2.24) is 9.80 Å². The zero-order chi connectivity index (χ0) is 12.5. The molecule has 0 spiro atoms. The number of amides is 2.